The van der Waals surface area contributed by atoms with Crippen molar-refractivity contribution < 1.29 is 28.9 Å². The van der Waals surface area contributed by atoms with Gasteiger partial charge in [0, 0.05) is 0 Å². The highest BCUT2D eigenvalue weighted by atomic mass is 16.6. The molecule has 1 aromatic rings. The first kappa shape index (κ1) is 26.7. The average molecular weight is 447 g/mol. The number of hydrogen-bond donors (Lipinski definition) is 2. The molecule has 0 aliphatic carbocycles. The molecule has 1 amide bonds. The van der Waals surface area contributed by atoms with Gasteiger partial charge in [0.15, 0.2) is 17.2 Å². The van der Waals surface area contributed by atoms with Crippen LogP contribution in [-0.2, 0) is 19.1 Å². The van der Waals surface area contributed by atoms with E-state index in [4.69, 9.17) is 14.2 Å². The van der Waals surface area contributed by atoms with Gasteiger partial charge in [-0.05, 0) is 58.5 Å². The molecule has 8 nitrogen and oxygen atoms in total. The molecule has 32 heavy (non-hydrogen) atoms. The summed E-state index contributed by atoms with van der Waals surface area (Å²) < 4.78 is 16.8. The standard InChI is InChI=1S/C24H34N2O6/c1-9-18(30-8)20(27)19(25-7)22(28)26-16(4)23(29)32-24(5,6)21(15(2)3)31-17-13-11-10-12-14-17/h9-16,21,27H,7H2,1-6,8H3,(H,26,28)/b18-9+,20-19+/t16?,21-/m1/s1. The highest BCUT2D eigenvalue weighted by Gasteiger charge is 2.39. The van der Waals surface area contributed by atoms with Crippen LogP contribution < -0.4 is 10.1 Å². The van der Waals surface area contributed by atoms with Crippen molar-refractivity contribution in [3.63, 3.8) is 0 Å². The fourth-order valence-electron chi connectivity index (χ4n) is 3.18. The van der Waals surface area contributed by atoms with E-state index in [-0.39, 0.29) is 17.4 Å². The Labute approximate surface area is 190 Å². The lowest BCUT2D eigenvalue weighted by Crippen LogP contribution is -2.51. The van der Waals surface area contributed by atoms with Crippen LogP contribution in [-0.4, -0.2) is 48.6 Å². The number of aliphatic imine (C=N–C) groups is 1. The summed E-state index contributed by atoms with van der Waals surface area (Å²) in [4.78, 5) is 28.8. The Morgan fingerprint density at radius 2 is 1.78 bits per heavy atom. The third kappa shape index (κ3) is 7.14. The maximum atomic E-state index is 12.7. The maximum absolute atomic E-state index is 12.7. The third-order valence-corrected chi connectivity index (χ3v) is 4.67. The summed E-state index contributed by atoms with van der Waals surface area (Å²) in [5.41, 5.74) is -1.36. The lowest BCUT2D eigenvalue weighted by atomic mass is 9.91. The van der Waals surface area contributed by atoms with E-state index >= 15 is 0 Å². The molecule has 0 saturated carbocycles. The highest BCUT2D eigenvalue weighted by Crippen LogP contribution is 2.27. The molecule has 0 fully saturated rings. The first-order valence-corrected chi connectivity index (χ1v) is 10.3. The van der Waals surface area contributed by atoms with Crippen molar-refractivity contribution >= 4 is 18.6 Å². The predicted molar refractivity (Wildman–Crippen MR) is 123 cm³/mol. The van der Waals surface area contributed by atoms with Crippen LogP contribution in [0.3, 0.4) is 0 Å². The number of ether oxygens (including phenoxy) is 3. The number of aliphatic hydroxyl groups excluding tert-OH is 1. The lowest BCUT2D eigenvalue weighted by molar-refractivity contribution is -0.171. The quantitative estimate of drug-likeness (QED) is 0.175. The summed E-state index contributed by atoms with van der Waals surface area (Å²) in [7, 11) is 1.34. The minimum Gasteiger partial charge on any atom is -0.503 e. The highest BCUT2D eigenvalue weighted by molar-refractivity contribution is 5.97. The number of hydrogen-bond acceptors (Lipinski definition) is 7. The molecule has 2 atom stereocenters. The number of amides is 1. The van der Waals surface area contributed by atoms with Crippen molar-refractivity contribution in [3.05, 3.63) is 53.6 Å². The normalized spacial score (nSPS) is 14.7. The van der Waals surface area contributed by atoms with E-state index in [1.165, 1.54) is 20.1 Å². The molecule has 0 saturated heterocycles. The number of carbonyl (C=O) groups excluding carboxylic acids is 2. The SMILES string of the molecule is C=N/C(C(=O)NC(C)C(=O)OC(C)(C)[C@H](Oc1ccccc1)C(C)C)=C(O)\C(=C/C)OC. The van der Waals surface area contributed by atoms with Crippen LogP contribution in [0.25, 0.3) is 0 Å². The molecule has 0 radical (unpaired) electrons. The molecule has 1 unspecified atom stereocenters. The molecular weight excluding hydrogens is 412 g/mol. The van der Waals surface area contributed by atoms with Crippen molar-refractivity contribution in [3.8, 4) is 5.75 Å². The van der Waals surface area contributed by atoms with Crippen LogP contribution in [0.4, 0.5) is 0 Å². The Morgan fingerprint density at radius 3 is 2.25 bits per heavy atom. The van der Waals surface area contributed by atoms with E-state index in [0.29, 0.717) is 5.75 Å². The van der Waals surface area contributed by atoms with Gasteiger partial charge in [0.25, 0.3) is 5.91 Å². The van der Waals surface area contributed by atoms with Crippen LogP contribution in [0.15, 0.2) is 58.6 Å². The minimum atomic E-state index is -1.02. The van der Waals surface area contributed by atoms with Gasteiger partial charge in [0.05, 0.1) is 7.11 Å². The molecular formula is C24H34N2O6. The number of methoxy groups -OCH3 is 1. The van der Waals surface area contributed by atoms with Gasteiger partial charge in [-0.15, -0.1) is 0 Å². The van der Waals surface area contributed by atoms with E-state index in [1.54, 1.807) is 20.8 Å². The van der Waals surface area contributed by atoms with E-state index in [0.717, 1.165) is 0 Å². The second kappa shape index (κ2) is 11.9. The van der Waals surface area contributed by atoms with Crippen LogP contribution in [0.5, 0.6) is 5.75 Å². The molecule has 2 N–H and O–H groups in total. The molecule has 1 aromatic carbocycles. The van der Waals surface area contributed by atoms with Gasteiger partial charge in [-0.2, -0.15) is 0 Å². The number of nitrogens with zero attached hydrogens (tertiary/aromatic N) is 1. The average Bonchev–Trinajstić information content (AvgIpc) is 2.73. The maximum Gasteiger partial charge on any atom is 0.329 e. The molecule has 176 valence electrons. The molecule has 1 rings (SSSR count). The van der Waals surface area contributed by atoms with E-state index in [2.05, 4.69) is 17.0 Å². The van der Waals surface area contributed by atoms with Crippen molar-refractivity contribution in [2.24, 2.45) is 10.9 Å². The largest absolute Gasteiger partial charge is 0.503 e. The van der Waals surface area contributed by atoms with Gasteiger partial charge < -0.3 is 24.6 Å². The molecule has 0 bridgehead atoms. The summed E-state index contributed by atoms with van der Waals surface area (Å²) in [6.07, 6.45) is 1.03. The first-order chi connectivity index (χ1) is 15.0. The Balaban J connectivity index is 2.95. The van der Waals surface area contributed by atoms with Gasteiger partial charge in [0.1, 0.15) is 23.5 Å². The zero-order chi connectivity index (χ0) is 24.5. The summed E-state index contributed by atoms with van der Waals surface area (Å²) in [6.45, 7) is 13.9. The number of esters is 1. The van der Waals surface area contributed by atoms with Gasteiger partial charge >= 0.3 is 5.97 Å². The smallest absolute Gasteiger partial charge is 0.329 e. The van der Waals surface area contributed by atoms with Crippen LogP contribution in [0, 0.1) is 5.92 Å². The van der Waals surface area contributed by atoms with E-state index < -0.39 is 35.4 Å². The lowest BCUT2D eigenvalue weighted by Gasteiger charge is -2.37. The summed E-state index contributed by atoms with van der Waals surface area (Å²) in [5, 5.41) is 12.7. The summed E-state index contributed by atoms with van der Waals surface area (Å²) in [5.74, 6) is -1.19. The fraction of sp³-hybridized carbons (Fsp3) is 0.458. The van der Waals surface area contributed by atoms with Gasteiger partial charge in [-0.3, -0.25) is 9.79 Å². The van der Waals surface area contributed by atoms with Gasteiger partial charge in [0.2, 0.25) is 0 Å². The van der Waals surface area contributed by atoms with Crippen molar-refractivity contribution in [1.29, 1.82) is 0 Å². The number of benzene rings is 1. The van der Waals surface area contributed by atoms with Crippen molar-refractivity contribution in [2.75, 3.05) is 7.11 Å². The Morgan fingerprint density at radius 1 is 1.19 bits per heavy atom. The third-order valence-electron chi connectivity index (χ3n) is 4.67. The molecule has 0 aliphatic rings. The predicted octanol–water partition coefficient (Wildman–Crippen LogP) is 3.94. The van der Waals surface area contributed by atoms with Crippen molar-refractivity contribution in [1.82, 2.24) is 5.32 Å². The van der Waals surface area contributed by atoms with Crippen LogP contribution in [0.2, 0.25) is 0 Å². The molecule has 8 heteroatoms. The van der Waals surface area contributed by atoms with E-state index in [1.807, 2.05) is 44.2 Å². The zero-order valence-electron chi connectivity index (χ0n) is 19.8. The molecule has 0 heterocycles. The van der Waals surface area contributed by atoms with Gasteiger partial charge in [-0.1, -0.05) is 32.0 Å². The summed E-state index contributed by atoms with van der Waals surface area (Å²) in [6, 6.07) is 8.25. The number of allylic oxidation sites excluding steroid dienone is 1. The Kier molecular flexibility index (Phi) is 9.97. The minimum absolute atomic E-state index is 0.0349. The van der Waals surface area contributed by atoms with Crippen LogP contribution >= 0.6 is 0 Å². The monoisotopic (exact) mass is 446 g/mol. The summed E-state index contributed by atoms with van der Waals surface area (Å²) >= 11 is 0. The second-order valence-corrected chi connectivity index (χ2v) is 8.03. The zero-order valence-corrected chi connectivity index (χ0v) is 19.8. The number of carbonyl (C=O) groups is 2. The number of aliphatic hydroxyl groups is 1. The molecule has 0 aliphatic heterocycles. The Hall–Kier alpha value is -3.29. The first-order valence-electron chi connectivity index (χ1n) is 10.3. The molecule has 0 aromatic heterocycles. The van der Waals surface area contributed by atoms with E-state index in [9.17, 15) is 14.7 Å². The second-order valence-electron chi connectivity index (χ2n) is 8.03. The fourth-order valence-corrected chi connectivity index (χ4v) is 3.18. The molecule has 0 spiro atoms. The topological polar surface area (TPSA) is 106 Å². The number of rotatable bonds is 11. The number of para-hydroxylation sites is 1. The Bertz CT molecular complexity index is 859. The van der Waals surface area contributed by atoms with Crippen molar-refractivity contribution in [2.45, 2.75) is 59.3 Å². The van der Waals surface area contributed by atoms with Gasteiger partial charge in [-0.25, -0.2) is 4.79 Å². The number of nitrogens with one attached hydrogen (secondary N) is 1. The van der Waals surface area contributed by atoms with Crippen LogP contribution in [0.1, 0.15) is 41.5 Å².